The van der Waals surface area contributed by atoms with Gasteiger partial charge in [-0.15, -0.1) is 0 Å². The summed E-state index contributed by atoms with van der Waals surface area (Å²) in [6.07, 6.45) is -10.3. The average Bonchev–Trinajstić information content (AvgIpc) is 3.29. The molecule has 4 atom stereocenters. The lowest BCUT2D eigenvalue weighted by atomic mass is 9.85. The first-order valence-electron chi connectivity index (χ1n) is 22.3. The summed E-state index contributed by atoms with van der Waals surface area (Å²) in [7, 11) is 0.840. The van der Waals surface area contributed by atoms with Crippen LogP contribution in [0.1, 0.15) is 71.4 Å². The van der Waals surface area contributed by atoms with Gasteiger partial charge in [0.1, 0.15) is 5.75 Å². The van der Waals surface area contributed by atoms with Crippen LogP contribution in [0.3, 0.4) is 0 Å². The second-order valence-electron chi connectivity index (χ2n) is 19.0. The summed E-state index contributed by atoms with van der Waals surface area (Å²) in [4.78, 5) is 0. The monoisotopic (exact) mass is 1260 g/mol. The Bertz CT molecular complexity index is 2150. The molecule has 0 aliphatic rings. The average molecular weight is 1260 g/mol. The molecule has 0 aliphatic heterocycles. The highest BCUT2D eigenvalue weighted by Crippen LogP contribution is 2.66. The lowest BCUT2D eigenvalue weighted by Crippen LogP contribution is -2.76. The molecule has 6 nitrogen and oxygen atoms in total. The molecule has 4 unspecified atom stereocenters. The minimum absolute atomic E-state index is 0.0669. The fourth-order valence-electron chi connectivity index (χ4n) is 6.82. The first-order valence-corrected chi connectivity index (χ1v) is 26.4. The number of ether oxygens (including phenoxy) is 5. The minimum atomic E-state index is -9.22. The van der Waals surface area contributed by atoms with Crippen LogP contribution in [-0.2, 0) is 27.1 Å². The van der Waals surface area contributed by atoms with E-state index in [0.29, 0.717) is 36.5 Å². The van der Waals surface area contributed by atoms with Crippen molar-refractivity contribution in [1.29, 1.82) is 0 Å². The van der Waals surface area contributed by atoms with E-state index in [2.05, 4.69) is 56.5 Å². The van der Waals surface area contributed by atoms with E-state index >= 15 is 0 Å². The van der Waals surface area contributed by atoms with Crippen LogP contribution in [0.2, 0.25) is 18.1 Å². The van der Waals surface area contributed by atoms with E-state index in [-0.39, 0.29) is 35.8 Å². The quantitative estimate of drug-likeness (QED) is 0.0336. The van der Waals surface area contributed by atoms with E-state index in [1.165, 1.54) is 38.5 Å². The lowest BCUT2D eigenvalue weighted by molar-refractivity contribution is -0.474. The second-order valence-corrected chi connectivity index (χ2v) is 24.5. The lowest BCUT2D eigenvalue weighted by Gasteiger charge is -2.44. The van der Waals surface area contributed by atoms with Crippen molar-refractivity contribution < 1.29 is 120 Å². The fraction of sp³-hybridized carbons (Fsp3) is 0.696. The molecular weight excluding hydrogens is 1200 g/mol. The van der Waals surface area contributed by atoms with Gasteiger partial charge in [0, 0.05) is 24.9 Å². The minimum Gasteiger partial charge on any atom is -0.494 e. The molecule has 0 saturated heterocycles. The van der Waals surface area contributed by atoms with Gasteiger partial charge < -0.3 is 28.1 Å². The first-order chi connectivity index (χ1) is 33.8. The Labute approximate surface area is 433 Å². The van der Waals surface area contributed by atoms with Crippen LogP contribution in [0.5, 0.6) is 17.2 Å². The third kappa shape index (κ3) is 14.0. The van der Waals surface area contributed by atoms with Crippen molar-refractivity contribution in [2.45, 2.75) is 163 Å². The molecule has 0 N–H and O–H groups in total. The highest BCUT2D eigenvalue weighted by Gasteiger charge is 2.97. The Morgan fingerprint density at radius 3 is 1.47 bits per heavy atom. The first kappa shape index (κ1) is 68.0. The Kier molecular flexibility index (Phi) is 22.3. The molecule has 0 aliphatic carbocycles. The molecule has 0 bridgehead atoms. The second kappa shape index (κ2) is 24.5. The summed E-state index contributed by atoms with van der Waals surface area (Å²) < 4.78 is 326. The third-order valence-corrected chi connectivity index (χ3v) is 17.6. The smallest absolute Gasteiger partial charge is 0.460 e. The van der Waals surface area contributed by atoms with Gasteiger partial charge in [-0.25, -0.2) is 0 Å². The maximum Gasteiger partial charge on any atom is 0.460 e. The molecule has 2 aromatic carbocycles. The van der Waals surface area contributed by atoms with Crippen molar-refractivity contribution in [3.63, 3.8) is 0 Å². The summed E-state index contributed by atoms with van der Waals surface area (Å²) in [5.74, 6) is -77.0. The maximum atomic E-state index is 14.5. The largest absolute Gasteiger partial charge is 0.494 e. The van der Waals surface area contributed by atoms with Crippen LogP contribution in [0, 0.1) is 11.8 Å². The molecule has 434 valence electrons. The van der Waals surface area contributed by atoms with Gasteiger partial charge in [0.05, 0.1) is 46.2 Å². The summed E-state index contributed by atoms with van der Waals surface area (Å²) in [5, 5.41) is -0.0748. The van der Waals surface area contributed by atoms with E-state index in [0.717, 1.165) is 5.56 Å². The predicted octanol–water partition coefficient (Wildman–Crippen LogP) is 16.6. The van der Waals surface area contributed by atoms with E-state index in [1.807, 2.05) is 30.1 Å². The van der Waals surface area contributed by atoms with Gasteiger partial charge in [0.25, 0.3) is 0 Å². The zero-order valence-corrected chi connectivity index (χ0v) is 44.6. The van der Waals surface area contributed by atoms with Gasteiger partial charge in [-0.05, 0) is 76.9 Å². The van der Waals surface area contributed by atoms with E-state index in [1.54, 1.807) is 12.1 Å². The summed E-state index contributed by atoms with van der Waals surface area (Å²) in [5.41, 5.74) is 1.24. The molecule has 29 heteroatoms. The molecule has 0 saturated carbocycles. The van der Waals surface area contributed by atoms with Crippen LogP contribution in [0.15, 0.2) is 52.6 Å². The number of hydrogen-bond acceptors (Lipinski definition) is 6. The highest BCUT2D eigenvalue weighted by atomic mass is 127. The van der Waals surface area contributed by atoms with Crippen LogP contribution in [0.4, 0.5) is 92.2 Å². The SMILES string of the molecule is COc1ccc(COC(C(C)/C=C\I)C(C)C(CCCO[Si](C)(C)C(C)(C)C)OCc2ccc(OCCCC(F)(F)C(F)(F)C(F)(F)C(F)(F)C(F)(F)C(F)(F)C(F)(F)C(F)(F)C(F)(F)C(F)(F)F)cc2)cc1OC. The Morgan fingerprint density at radius 2 is 1.01 bits per heavy atom. The molecule has 75 heavy (non-hydrogen) atoms. The summed E-state index contributed by atoms with van der Waals surface area (Å²) in [6.45, 7) is 13.7. The Balaban J connectivity index is 2.29. The van der Waals surface area contributed by atoms with Gasteiger partial charge in [0.15, 0.2) is 19.8 Å². The molecule has 0 radical (unpaired) electrons. The van der Waals surface area contributed by atoms with Gasteiger partial charge in [-0.3, -0.25) is 0 Å². The number of hydrogen-bond donors (Lipinski definition) is 0. The van der Waals surface area contributed by atoms with E-state index in [4.69, 9.17) is 28.1 Å². The van der Waals surface area contributed by atoms with Crippen LogP contribution >= 0.6 is 22.6 Å². The number of alkyl halides is 21. The highest BCUT2D eigenvalue weighted by molar-refractivity contribution is 14.1. The summed E-state index contributed by atoms with van der Waals surface area (Å²) in [6, 6.07) is 10.4. The van der Waals surface area contributed by atoms with Crippen LogP contribution < -0.4 is 14.2 Å². The topological polar surface area (TPSA) is 55.4 Å². The number of halogens is 22. The Hall–Kier alpha value is -3.06. The van der Waals surface area contributed by atoms with Crippen molar-refractivity contribution >= 4 is 30.9 Å². The summed E-state index contributed by atoms with van der Waals surface area (Å²) >= 11 is 2.08. The molecule has 2 aromatic rings. The zero-order valence-electron chi connectivity index (χ0n) is 41.4. The normalized spacial score (nSPS) is 16.3. The van der Waals surface area contributed by atoms with Crippen LogP contribution in [0.25, 0.3) is 0 Å². The van der Waals surface area contributed by atoms with Crippen molar-refractivity contribution in [2.24, 2.45) is 11.8 Å². The van der Waals surface area contributed by atoms with Crippen molar-refractivity contribution in [3.05, 3.63) is 63.8 Å². The van der Waals surface area contributed by atoms with Gasteiger partial charge in [-0.1, -0.05) is 81.5 Å². The molecule has 2 rings (SSSR count). The molecule has 0 spiro atoms. The van der Waals surface area contributed by atoms with Crippen molar-refractivity contribution in [2.75, 3.05) is 27.4 Å². The molecule has 0 heterocycles. The molecule has 0 amide bonds. The van der Waals surface area contributed by atoms with Gasteiger partial charge in [0.2, 0.25) is 0 Å². The van der Waals surface area contributed by atoms with E-state index in [9.17, 15) is 92.2 Å². The molecular formula is C46H56F21IO6Si. The van der Waals surface area contributed by atoms with E-state index < -0.39 is 99.5 Å². The molecule has 0 fully saturated rings. The standard InChI is InChI=1S/C46H56F21IO6Si/c1-27(19-21-68)35(73-26-30-15-18-33(69-6)34(24-30)70-7)28(2)32(12-10-23-74-75(8,9)36(3,4)5)72-25-29-13-16-31(17-14-29)71-22-11-20-37(47,48)38(49,50)39(51,52)40(53,54)41(55,56)42(57,58)43(59,60)44(61,62)45(63,64)46(65,66)67/h13-19,21,24,27-28,32,35H,10-12,20,22-23,25-26H2,1-9H3/b21-19-. The predicted molar refractivity (Wildman–Crippen MR) is 242 cm³/mol. The zero-order chi connectivity index (χ0) is 58.5. The molecule has 0 aromatic heterocycles. The van der Waals surface area contributed by atoms with Crippen molar-refractivity contribution in [3.8, 4) is 17.2 Å². The number of benzene rings is 2. The van der Waals surface area contributed by atoms with Gasteiger partial charge in [-0.2, -0.15) is 92.2 Å². The van der Waals surface area contributed by atoms with Gasteiger partial charge >= 0.3 is 59.5 Å². The van der Waals surface area contributed by atoms with Crippen LogP contribution in [-0.4, -0.2) is 107 Å². The number of methoxy groups -OCH3 is 2. The third-order valence-electron chi connectivity index (χ3n) is 12.7. The maximum absolute atomic E-state index is 14.5. The number of rotatable bonds is 30. The fourth-order valence-corrected chi connectivity index (χ4v) is 8.57. The van der Waals surface area contributed by atoms with Crippen molar-refractivity contribution in [1.82, 2.24) is 0 Å². The Morgan fingerprint density at radius 1 is 0.560 bits per heavy atom.